The lowest BCUT2D eigenvalue weighted by molar-refractivity contribution is 0.0703. The van der Waals surface area contributed by atoms with Crippen LogP contribution in [-0.4, -0.2) is 68.8 Å². The van der Waals surface area contributed by atoms with Crippen LogP contribution in [0.15, 0.2) is 24.8 Å². The van der Waals surface area contributed by atoms with Gasteiger partial charge in [0, 0.05) is 56.7 Å². The second kappa shape index (κ2) is 8.03. The van der Waals surface area contributed by atoms with Gasteiger partial charge in [-0.1, -0.05) is 0 Å². The lowest BCUT2D eigenvalue weighted by atomic mass is 9.96. The van der Waals surface area contributed by atoms with E-state index in [4.69, 9.17) is 0 Å². The smallest absolute Gasteiger partial charge is 0.257 e. The zero-order valence-corrected chi connectivity index (χ0v) is 16.3. The van der Waals surface area contributed by atoms with Crippen LogP contribution in [0, 0.1) is 0 Å². The molecule has 0 unspecified atom stereocenters. The first kappa shape index (κ1) is 18.6. The van der Waals surface area contributed by atoms with E-state index in [1.165, 1.54) is 0 Å². The molecule has 0 spiro atoms. The Labute approximate surface area is 155 Å². The Morgan fingerprint density at radius 1 is 1.38 bits per heavy atom. The highest BCUT2D eigenvalue weighted by molar-refractivity contribution is 5.93. The van der Waals surface area contributed by atoms with Crippen LogP contribution in [0.1, 0.15) is 54.8 Å². The topological polar surface area (TPSA) is 59.2 Å². The van der Waals surface area contributed by atoms with Gasteiger partial charge in [-0.3, -0.25) is 9.48 Å². The summed E-state index contributed by atoms with van der Waals surface area (Å²) in [5, 5.41) is 4.30. The van der Waals surface area contributed by atoms with E-state index in [-0.39, 0.29) is 11.9 Å². The summed E-state index contributed by atoms with van der Waals surface area (Å²) < 4.78 is 4.07. The number of piperidine rings is 1. The zero-order chi connectivity index (χ0) is 18.7. The second-order valence-electron chi connectivity index (χ2n) is 7.68. The first-order chi connectivity index (χ1) is 12.5. The molecular weight excluding hydrogens is 328 g/mol. The molecule has 3 rings (SSSR count). The van der Waals surface area contributed by atoms with Gasteiger partial charge in [-0.2, -0.15) is 5.10 Å². The molecule has 7 heteroatoms. The van der Waals surface area contributed by atoms with Crippen molar-refractivity contribution in [1.29, 1.82) is 0 Å². The number of hydrogen-bond acceptors (Lipinski definition) is 4. The monoisotopic (exact) mass is 358 g/mol. The summed E-state index contributed by atoms with van der Waals surface area (Å²) in [7, 11) is 4.16. The number of nitrogens with zero attached hydrogens (tertiary/aromatic N) is 6. The van der Waals surface area contributed by atoms with Crippen molar-refractivity contribution in [3.05, 3.63) is 36.2 Å². The van der Waals surface area contributed by atoms with Crippen molar-refractivity contribution >= 4 is 5.91 Å². The number of likely N-dealkylation sites (tertiary alicyclic amines) is 1. The van der Waals surface area contributed by atoms with Crippen molar-refractivity contribution in [2.24, 2.45) is 0 Å². The van der Waals surface area contributed by atoms with Gasteiger partial charge in [0.15, 0.2) is 0 Å². The van der Waals surface area contributed by atoms with Crippen LogP contribution >= 0.6 is 0 Å². The van der Waals surface area contributed by atoms with Crippen molar-refractivity contribution in [2.45, 2.75) is 45.2 Å². The fourth-order valence-corrected chi connectivity index (χ4v) is 3.46. The molecule has 1 atom stereocenters. The molecule has 1 fully saturated rings. The summed E-state index contributed by atoms with van der Waals surface area (Å²) in [5.74, 6) is 1.47. The molecule has 0 bridgehead atoms. The number of likely N-dealkylation sites (N-methyl/N-ethyl adjacent to an activating group) is 1. The molecule has 1 amide bonds. The zero-order valence-electron chi connectivity index (χ0n) is 16.3. The van der Waals surface area contributed by atoms with E-state index in [9.17, 15) is 4.79 Å². The predicted molar refractivity (Wildman–Crippen MR) is 101 cm³/mol. The minimum atomic E-state index is 0.0768. The first-order valence-corrected chi connectivity index (χ1v) is 9.45. The molecule has 142 valence electrons. The third-order valence-corrected chi connectivity index (χ3v) is 4.99. The summed E-state index contributed by atoms with van der Waals surface area (Å²) in [6.45, 7) is 7.56. The second-order valence-corrected chi connectivity index (χ2v) is 7.68. The van der Waals surface area contributed by atoms with E-state index in [1.54, 1.807) is 6.20 Å². The maximum atomic E-state index is 12.9. The molecule has 0 radical (unpaired) electrons. The molecule has 0 aliphatic carbocycles. The molecule has 26 heavy (non-hydrogen) atoms. The number of aromatic nitrogens is 4. The molecule has 1 aliphatic heterocycles. The van der Waals surface area contributed by atoms with Crippen LogP contribution in [0.3, 0.4) is 0 Å². The van der Waals surface area contributed by atoms with Gasteiger partial charge in [0.1, 0.15) is 5.82 Å². The maximum Gasteiger partial charge on any atom is 0.257 e. The van der Waals surface area contributed by atoms with Crippen LogP contribution in [0.2, 0.25) is 0 Å². The fraction of sp³-hybridized carbons (Fsp3) is 0.632. The highest BCUT2D eigenvalue weighted by Crippen LogP contribution is 2.27. The number of hydrogen-bond donors (Lipinski definition) is 0. The normalized spacial score (nSPS) is 18.1. The average Bonchev–Trinajstić information content (AvgIpc) is 3.29. The van der Waals surface area contributed by atoms with E-state index in [0.717, 1.165) is 44.8 Å². The molecule has 0 N–H and O–H groups in total. The Morgan fingerprint density at radius 3 is 2.88 bits per heavy atom. The number of carbonyl (C=O) groups excluding carboxylic acids is 1. The van der Waals surface area contributed by atoms with E-state index >= 15 is 0 Å². The molecule has 0 saturated carbocycles. The highest BCUT2D eigenvalue weighted by atomic mass is 16.2. The van der Waals surface area contributed by atoms with Gasteiger partial charge in [-0.05, 0) is 40.8 Å². The number of amides is 1. The van der Waals surface area contributed by atoms with Gasteiger partial charge in [0.2, 0.25) is 0 Å². The molecule has 0 aromatic carbocycles. The van der Waals surface area contributed by atoms with E-state index in [0.29, 0.717) is 11.5 Å². The van der Waals surface area contributed by atoms with Crippen LogP contribution < -0.4 is 0 Å². The van der Waals surface area contributed by atoms with Gasteiger partial charge < -0.3 is 14.4 Å². The highest BCUT2D eigenvalue weighted by Gasteiger charge is 2.28. The van der Waals surface area contributed by atoms with Crippen LogP contribution in [-0.2, 0) is 6.54 Å². The summed E-state index contributed by atoms with van der Waals surface area (Å²) in [6.07, 6.45) is 9.55. The minimum absolute atomic E-state index is 0.0768. The molecule has 7 nitrogen and oxygen atoms in total. The minimum Gasteiger partial charge on any atom is -0.338 e. The largest absolute Gasteiger partial charge is 0.338 e. The van der Waals surface area contributed by atoms with E-state index in [2.05, 4.69) is 47.5 Å². The quantitative estimate of drug-likeness (QED) is 0.795. The van der Waals surface area contributed by atoms with Crippen LogP contribution in [0.5, 0.6) is 0 Å². The van der Waals surface area contributed by atoms with Gasteiger partial charge >= 0.3 is 0 Å². The summed E-state index contributed by atoms with van der Waals surface area (Å²) in [5.41, 5.74) is 0.676. The van der Waals surface area contributed by atoms with Gasteiger partial charge in [0.25, 0.3) is 5.91 Å². The third-order valence-electron chi connectivity index (χ3n) is 4.99. The lowest BCUT2D eigenvalue weighted by Gasteiger charge is -2.32. The predicted octanol–water partition coefficient (Wildman–Crippen LogP) is 2.24. The Morgan fingerprint density at radius 2 is 2.19 bits per heavy atom. The van der Waals surface area contributed by atoms with Crippen molar-refractivity contribution in [1.82, 2.24) is 29.1 Å². The molecule has 2 aromatic rings. The van der Waals surface area contributed by atoms with Crippen molar-refractivity contribution in [3.63, 3.8) is 0 Å². The Balaban J connectivity index is 1.69. The van der Waals surface area contributed by atoms with E-state index < -0.39 is 0 Å². The molecule has 3 heterocycles. The molecule has 1 saturated heterocycles. The Hall–Kier alpha value is -2.15. The van der Waals surface area contributed by atoms with Gasteiger partial charge in [-0.15, -0.1) is 0 Å². The van der Waals surface area contributed by atoms with Crippen molar-refractivity contribution in [3.8, 4) is 0 Å². The van der Waals surface area contributed by atoms with Crippen molar-refractivity contribution < 1.29 is 4.79 Å². The average molecular weight is 358 g/mol. The Kier molecular flexibility index (Phi) is 5.76. The van der Waals surface area contributed by atoms with E-state index in [1.807, 2.05) is 28.2 Å². The van der Waals surface area contributed by atoms with Crippen LogP contribution in [0.25, 0.3) is 0 Å². The summed E-state index contributed by atoms with van der Waals surface area (Å²) in [6, 6.07) is 0.259. The molecule has 1 aliphatic rings. The van der Waals surface area contributed by atoms with Gasteiger partial charge in [-0.25, -0.2) is 4.98 Å². The number of imidazole rings is 1. The maximum absolute atomic E-state index is 12.9. The number of carbonyl (C=O) groups is 1. The molecule has 2 aromatic heterocycles. The summed E-state index contributed by atoms with van der Waals surface area (Å²) >= 11 is 0. The van der Waals surface area contributed by atoms with Crippen molar-refractivity contribution in [2.75, 3.05) is 33.7 Å². The molecular formula is C19H30N6O. The SMILES string of the molecule is CC(C)n1cc(C(=O)N2CCC[C@@H](c3nccn3CCN(C)C)C2)cn1. The standard InChI is InChI=1S/C19H30N6O/c1-15(2)25-14-17(12-21-25)19(26)24-8-5-6-16(13-24)18-20-7-9-23(18)11-10-22(3)4/h7,9,12,14-16H,5-6,8,10-11,13H2,1-4H3/t16-/m1/s1. The Bertz CT molecular complexity index is 732. The number of rotatable bonds is 6. The summed E-state index contributed by atoms with van der Waals surface area (Å²) in [4.78, 5) is 21.6. The lowest BCUT2D eigenvalue weighted by Crippen LogP contribution is -2.39. The van der Waals surface area contributed by atoms with Gasteiger partial charge in [0.05, 0.1) is 11.8 Å². The van der Waals surface area contributed by atoms with Crippen LogP contribution in [0.4, 0.5) is 0 Å². The third kappa shape index (κ3) is 4.15. The first-order valence-electron chi connectivity index (χ1n) is 9.45. The fourth-order valence-electron chi connectivity index (χ4n) is 3.46.